The third kappa shape index (κ3) is 3.80. The summed E-state index contributed by atoms with van der Waals surface area (Å²) in [5, 5.41) is 7.52. The van der Waals surface area contributed by atoms with E-state index >= 15 is 0 Å². The summed E-state index contributed by atoms with van der Waals surface area (Å²) in [6.45, 7) is 2.21. The SMILES string of the molecule is COc1ccccc1NC(=O)CCn1cnc2c(cnn2-c2ccc(C)cc2)c1=O. The van der Waals surface area contributed by atoms with E-state index in [1.807, 2.05) is 43.3 Å². The van der Waals surface area contributed by atoms with E-state index in [2.05, 4.69) is 15.4 Å². The summed E-state index contributed by atoms with van der Waals surface area (Å²) in [6, 6.07) is 15.0. The minimum Gasteiger partial charge on any atom is -0.495 e. The Hall–Kier alpha value is -3.94. The third-order valence-electron chi connectivity index (χ3n) is 4.79. The lowest BCUT2D eigenvalue weighted by Crippen LogP contribution is -2.23. The van der Waals surface area contributed by atoms with Gasteiger partial charge in [0.05, 0.1) is 31.0 Å². The molecule has 0 bridgehead atoms. The van der Waals surface area contributed by atoms with Crippen molar-refractivity contribution in [2.75, 3.05) is 12.4 Å². The van der Waals surface area contributed by atoms with Gasteiger partial charge in [-0.05, 0) is 31.2 Å². The van der Waals surface area contributed by atoms with Crippen molar-refractivity contribution in [3.63, 3.8) is 0 Å². The number of nitrogens with one attached hydrogen (secondary N) is 1. The van der Waals surface area contributed by atoms with Gasteiger partial charge in [0.1, 0.15) is 11.1 Å². The number of amides is 1. The Bertz CT molecular complexity index is 1260. The van der Waals surface area contributed by atoms with Gasteiger partial charge in [0.2, 0.25) is 5.91 Å². The van der Waals surface area contributed by atoms with Crippen LogP contribution in [0.2, 0.25) is 0 Å². The molecule has 2 aromatic carbocycles. The number of anilines is 1. The van der Waals surface area contributed by atoms with E-state index < -0.39 is 0 Å². The summed E-state index contributed by atoms with van der Waals surface area (Å²) in [4.78, 5) is 29.5. The summed E-state index contributed by atoms with van der Waals surface area (Å²) in [6.07, 6.45) is 3.08. The van der Waals surface area contributed by atoms with Gasteiger partial charge >= 0.3 is 0 Å². The lowest BCUT2D eigenvalue weighted by Gasteiger charge is -2.10. The van der Waals surface area contributed by atoms with Crippen molar-refractivity contribution in [2.45, 2.75) is 19.9 Å². The number of benzene rings is 2. The van der Waals surface area contributed by atoms with Crippen molar-refractivity contribution in [3.05, 3.63) is 77.0 Å². The molecule has 1 amide bonds. The topological polar surface area (TPSA) is 91.0 Å². The molecule has 0 unspecified atom stereocenters. The van der Waals surface area contributed by atoms with Crippen LogP contribution in [-0.2, 0) is 11.3 Å². The molecule has 0 saturated heterocycles. The quantitative estimate of drug-likeness (QED) is 0.535. The molecule has 4 rings (SSSR count). The molecule has 2 aromatic heterocycles. The van der Waals surface area contributed by atoms with Crippen molar-refractivity contribution >= 4 is 22.6 Å². The Morgan fingerprint density at radius 2 is 1.90 bits per heavy atom. The molecule has 2 heterocycles. The van der Waals surface area contributed by atoms with Gasteiger partial charge in [0.25, 0.3) is 5.56 Å². The van der Waals surface area contributed by atoms with Crippen molar-refractivity contribution in [3.8, 4) is 11.4 Å². The van der Waals surface area contributed by atoms with Gasteiger partial charge in [-0.2, -0.15) is 5.10 Å². The number of hydrogen-bond donors (Lipinski definition) is 1. The summed E-state index contributed by atoms with van der Waals surface area (Å²) in [5.74, 6) is 0.358. The highest BCUT2D eigenvalue weighted by atomic mass is 16.5. The second-order valence-electron chi connectivity index (χ2n) is 6.87. The number of para-hydroxylation sites is 2. The van der Waals surface area contributed by atoms with Crippen LogP contribution < -0.4 is 15.6 Å². The number of aromatic nitrogens is 4. The van der Waals surface area contributed by atoms with Crippen molar-refractivity contribution in [1.82, 2.24) is 19.3 Å². The van der Waals surface area contributed by atoms with Gasteiger partial charge in [-0.25, -0.2) is 9.67 Å². The molecule has 0 saturated carbocycles. The fourth-order valence-corrected chi connectivity index (χ4v) is 3.17. The summed E-state index contributed by atoms with van der Waals surface area (Å²) >= 11 is 0. The van der Waals surface area contributed by atoms with Gasteiger partial charge in [-0.15, -0.1) is 0 Å². The Morgan fingerprint density at radius 3 is 2.67 bits per heavy atom. The van der Waals surface area contributed by atoms with E-state index in [0.717, 1.165) is 11.3 Å². The van der Waals surface area contributed by atoms with Gasteiger partial charge in [0.15, 0.2) is 5.65 Å². The Morgan fingerprint density at radius 1 is 1.13 bits per heavy atom. The smallest absolute Gasteiger partial charge is 0.264 e. The predicted molar refractivity (Wildman–Crippen MR) is 114 cm³/mol. The van der Waals surface area contributed by atoms with E-state index in [-0.39, 0.29) is 24.4 Å². The molecule has 8 nitrogen and oxygen atoms in total. The molecule has 30 heavy (non-hydrogen) atoms. The second-order valence-corrected chi connectivity index (χ2v) is 6.87. The number of carbonyl (C=O) groups excluding carboxylic acids is 1. The van der Waals surface area contributed by atoms with Crippen LogP contribution in [0.4, 0.5) is 5.69 Å². The summed E-state index contributed by atoms with van der Waals surface area (Å²) in [7, 11) is 1.54. The highest BCUT2D eigenvalue weighted by Crippen LogP contribution is 2.23. The lowest BCUT2D eigenvalue weighted by molar-refractivity contribution is -0.116. The van der Waals surface area contributed by atoms with Crippen LogP contribution in [0.5, 0.6) is 5.75 Å². The first kappa shape index (κ1) is 19.4. The molecule has 1 N–H and O–H groups in total. The van der Waals surface area contributed by atoms with Crippen LogP contribution in [0.3, 0.4) is 0 Å². The molecule has 0 aliphatic heterocycles. The Labute approximate surface area is 172 Å². The number of methoxy groups -OCH3 is 1. The first-order valence-electron chi connectivity index (χ1n) is 9.50. The molecular weight excluding hydrogens is 382 g/mol. The van der Waals surface area contributed by atoms with Crippen molar-refractivity contribution in [2.24, 2.45) is 0 Å². The van der Waals surface area contributed by atoms with Crippen LogP contribution in [0.25, 0.3) is 16.7 Å². The molecule has 0 fully saturated rings. The van der Waals surface area contributed by atoms with Crippen LogP contribution in [0.1, 0.15) is 12.0 Å². The first-order valence-corrected chi connectivity index (χ1v) is 9.50. The Kier molecular flexibility index (Phi) is 5.30. The third-order valence-corrected chi connectivity index (χ3v) is 4.79. The van der Waals surface area contributed by atoms with Crippen LogP contribution in [0.15, 0.2) is 65.8 Å². The number of ether oxygens (including phenoxy) is 1. The number of rotatable bonds is 6. The molecule has 0 spiro atoms. The van der Waals surface area contributed by atoms with Gasteiger partial charge in [0, 0.05) is 13.0 Å². The normalized spacial score (nSPS) is 10.9. The highest BCUT2D eigenvalue weighted by molar-refractivity contribution is 5.92. The molecule has 0 radical (unpaired) electrons. The standard InChI is InChI=1S/C22H21N5O3/c1-15-7-9-16(10-8-15)27-21-17(13-24-27)22(29)26(14-23-21)12-11-20(28)25-18-5-3-4-6-19(18)30-2/h3-10,13-14H,11-12H2,1-2H3,(H,25,28). The molecule has 0 aliphatic rings. The zero-order chi connectivity index (χ0) is 21.1. The van der Waals surface area contributed by atoms with Gasteiger partial charge in [-0.3, -0.25) is 14.2 Å². The second kappa shape index (κ2) is 8.20. The van der Waals surface area contributed by atoms with Crippen molar-refractivity contribution < 1.29 is 9.53 Å². The van der Waals surface area contributed by atoms with Crippen molar-refractivity contribution in [1.29, 1.82) is 0 Å². The monoisotopic (exact) mass is 403 g/mol. The lowest BCUT2D eigenvalue weighted by atomic mass is 10.2. The van der Waals surface area contributed by atoms with E-state index in [4.69, 9.17) is 4.74 Å². The van der Waals surface area contributed by atoms with E-state index in [9.17, 15) is 9.59 Å². The maximum atomic E-state index is 12.8. The molecule has 0 aliphatic carbocycles. The fraction of sp³-hybridized carbons (Fsp3) is 0.182. The van der Waals surface area contributed by atoms with Crippen LogP contribution >= 0.6 is 0 Å². The highest BCUT2D eigenvalue weighted by Gasteiger charge is 2.13. The largest absolute Gasteiger partial charge is 0.495 e. The zero-order valence-corrected chi connectivity index (χ0v) is 16.7. The van der Waals surface area contributed by atoms with E-state index in [0.29, 0.717) is 22.5 Å². The zero-order valence-electron chi connectivity index (χ0n) is 16.7. The summed E-state index contributed by atoms with van der Waals surface area (Å²) < 4.78 is 8.29. The number of carbonyl (C=O) groups is 1. The molecule has 152 valence electrons. The maximum Gasteiger partial charge on any atom is 0.264 e. The van der Waals surface area contributed by atoms with Gasteiger partial charge < -0.3 is 10.1 Å². The first-order chi connectivity index (χ1) is 14.6. The minimum absolute atomic E-state index is 0.122. The van der Waals surface area contributed by atoms with Gasteiger partial charge in [-0.1, -0.05) is 29.8 Å². The Balaban J connectivity index is 1.51. The average molecular weight is 403 g/mol. The number of aryl methyl sites for hydroxylation is 2. The van der Waals surface area contributed by atoms with Crippen LogP contribution in [-0.4, -0.2) is 32.3 Å². The number of fused-ring (bicyclic) bond motifs is 1. The molecule has 8 heteroatoms. The molecule has 4 aromatic rings. The number of hydrogen-bond acceptors (Lipinski definition) is 5. The van der Waals surface area contributed by atoms with Crippen LogP contribution in [0, 0.1) is 6.92 Å². The summed E-state index contributed by atoms with van der Waals surface area (Å²) in [5.41, 5.74) is 2.81. The number of nitrogens with zero attached hydrogens (tertiary/aromatic N) is 4. The predicted octanol–water partition coefficient (Wildman–Crippen LogP) is 2.93. The average Bonchev–Trinajstić information content (AvgIpc) is 3.19. The molecule has 0 atom stereocenters. The molecular formula is C22H21N5O3. The van der Waals surface area contributed by atoms with E-state index in [1.165, 1.54) is 17.1 Å². The maximum absolute atomic E-state index is 12.8. The van der Waals surface area contributed by atoms with E-state index in [1.54, 1.807) is 23.9 Å². The minimum atomic E-state index is -0.233. The fourth-order valence-electron chi connectivity index (χ4n) is 3.17.